The van der Waals surface area contributed by atoms with Crippen LogP contribution >= 0.6 is 11.6 Å². The number of hydrogen-bond acceptors (Lipinski definition) is 3. The minimum atomic E-state index is -1.51. The van der Waals surface area contributed by atoms with Gasteiger partial charge in [0.15, 0.2) is 0 Å². The Balaban J connectivity index is 2.92. The van der Waals surface area contributed by atoms with Gasteiger partial charge in [-0.1, -0.05) is 29.8 Å². The highest BCUT2D eigenvalue weighted by Crippen LogP contribution is 2.22. The molecule has 6 heteroatoms. The molecule has 0 fully saturated rings. The molecule has 1 unspecified atom stereocenters. The largest absolute Gasteiger partial charge is 0.480 e. The molecular formula is C15H20ClNO4. The predicted octanol–water partition coefficient (Wildman–Crippen LogP) is 3.25. The molecule has 116 valence electrons. The number of hydrogen-bond donors (Lipinski definition) is 2. The molecule has 0 radical (unpaired) electrons. The number of carboxylic acid groups (broad SMARTS) is 1. The molecule has 0 spiro atoms. The Bertz CT molecular complexity index is 539. The second-order valence-electron chi connectivity index (χ2n) is 6.03. The molecule has 0 aliphatic carbocycles. The molecule has 1 aromatic carbocycles. The first kappa shape index (κ1) is 17.3. The van der Waals surface area contributed by atoms with E-state index in [-0.39, 0.29) is 6.42 Å². The molecule has 1 amide bonds. The number of rotatable bonds is 4. The number of alkyl carbamates (subject to hydrolysis) is 1. The molecule has 21 heavy (non-hydrogen) atoms. The van der Waals surface area contributed by atoms with Gasteiger partial charge >= 0.3 is 12.1 Å². The molecule has 0 aliphatic rings. The van der Waals surface area contributed by atoms with Gasteiger partial charge in [-0.2, -0.15) is 0 Å². The topological polar surface area (TPSA) is 75.6 Å². The van der Waals surface area contributed by atoms with Crippen LogP contribution in [0.1, 0.15) is 33.3 Å². The van der Waals surface area contributed by atoms with E-state index < -0.39 is 23.2 Å². The van der Waals surface area contributed by atoms with Crippen molar-refractivity contribution >= 4 is 23.7 Å². The van der Waals surface area contributed by atoms with E-state index in [1.807, 2.05) is 0 Å². The van der Waals surface area contributed by atoms with Crippen LogP contribution in [0.4, 0.5) is 4.79 Å². The minimum absolute atomic E-state index is 0.0568. The summed E-state index contributed by atoms with van der Waals surface area (Å²) in [5, 5.41) is 12.3. The maximum absolute atomic E-state index is 11.8. The Labute approximate surface area is 129 Å². The van der Waals surface area contributed by atoms with Crippen LogP contribution in [0.2, 0.25) is 5.02 Å². The summed E-state index contributed by atoms with van der Waals surface area (Å²) in [7, 11) is 0. The first-order valence-electron chi connectivity index (χ1n) is 6.51. The molecule has 0 aliphatic heterocycles. The van der Waals surface area contributed by atoms with Crippen molar-refractivity contribution < 1.29 is 19.4 Å². The summed E-state index contributed by atoms with van der Waals surface area (Å²) in [5.41, 5.74) is -1.57. The van der Waals surface area contributed by atoms with Crippen molar-refractivity contribution in [2.24, 2.45) is 0 Å². The fraction of sp³-hybridized carbons (Fsp3) is 0.467. The third-order valence-electron chi connectivity index (χ3n) is 2.75. The average molecular weight is 314 g/mol. The molecule has 1 aromatic rings. The van der Waals surface area contributed by atoms with Crippen LogP contribution < -0.4 is 5.32 Å². The summed E-state index contributed by atoms with van der Waals surface area (Å²) in [6, 6.07) is 6.91. The van der Waals surface area contributed by atoms with Crippen molar-refractivity contribution in [3.8, 4) is 0 Å². The summed E-state index contributed by atoms with van der Waals surface area (Å²) < 4.78 is 5.11. The van der Waals surface area contributed by atoms with Crippen LogP contribution in [0.25, 0.3) is 0 Å². The van der Waals surface area contributed by atoms with E-state index in [9.17, 15) is 14.7 Å². The molecule has 1 atom stereocenters. The van der Waals surface area contributed by atoms with Gasteiger partial charge in [-0.25, -0.2) is 9.59 Å². The Morgan fingerprint density at radius 3 is 2.29 bits per heavy atom. The van der Waals surface area contributed by atoms with E-state index in [4.69, 9.17) is 16.3 Å². The smallest absolute Gasteiger partial charge is 0.408 e. The van der Waals surface area contributed by atoms with Crippen molar-refractivity contribution in [1.82, 2.24) is 5.32 Å². The number of benzene rings is 1. The maximum atomic E-state index is 11.8. The number of carbonyl (C=O) groups excluding carboxylic acids is 1. The minimum Gasteiger partial charge on any atom is -0.480 e. The first-order valence-corrected chi connectivity index (χ1v) is 6.89. The van der Waals surface area contributed by atoms with E-state index in [1.165, 1.54) is 6.92 Å². The van der Waals surface area contributed by atoms with Gasteiger partial charge in [0, 0.05) is 11.4 Å². The highest BCUT2D eigenvalue weighted by molar-refractivity contribution is 6.31. The lowest BCUT2D eigenvalue weighted by Crippen LogP contribution is -2.54. The Morgan fingerprint density at radius 2 is 1.81 bits per heavy atom. The van der Waals surface area contributed by atoms with Crippen LogP contribution in [0, 0.1) is 0 Å². The lowest BCUT2D eigenvalue weighted by atomic mass is 9.93. The van der Waals surface area contributed by atoms with Crippen LogP contribution in [-0.2, 0) is 16.0 Å². The SMILES string of the molecule is CC(C)(C)OC(=O)NC(C)(Cc1ccccc1Cl)C(=O)O. The van der Waals surface area contributed by atoms with Gasteiger partial charge in [0.2, 0.25) is 0 Å². The predicted molar refractivity (Wildman–Crippen MR) is 80.6 cm³/mol. The summed E-state index contributed by atoms with van der Waals surface area (Å²) in [6.07, 6.45) is -0.721. The van der Waals surface area contributed by atoms with Crippen LogP contribution in [0.3, 0.4) is 0 Å². The zero-order valence-electron chi connectivity index (χ0n) is 12.6. The second-order valence-corrected chi connectivity index (χ2v) is 6.44. The molecule has 2 N–H and O–H groups in total. The van der Waals surface area contributed by atoms with Crippen LogP contribution in [0.15, 0.2) is 24.3 Å². The zero-order chi connectivity index (χ0) is 16.3. The molecular weight excluding hydrogens is 294 g/mol. The van der Waals surface area contributed by atoms with Crippen molar-refractivity contribution in [2.75, 3.05) is 0 Å². The quantitative estimate of drug-likeness (QED) is 0.894. The maximum Gasteiger partial charge on any atom is 0.408 e. The summed E-state index contributed by atoms with van der Waals surface area (Å²) in [5.74, 6) is -1.16. The number of nitrogens with one attached hydrogen (secondary N) is 1. The van der Waals surface area contributed by atoms with Crippen LogP contribution in [0.5, 0.6) is 0 Å². The molecule has 5 nitrogen and oxygen atoms in total. The Hall–Kier alpha value is -1.75. The molecule has 0 saturated heterocycles. The lowest BCUT2D eigenvalue weighted by Gasteiger charge is -2.28. The highest BCUT2D eigenvalue weighted by Gasteiger charge is 2.37. The van der Waals surface area contributed by atoms with Gasteiger partial charge in [-0.3, -0.25) is 0 Å². The van der Waals surface area contributed by atoms with Gasteiger partial charge in [0.1, 0.15) is 11.1 Å². The molecule has 1 rings (SSSR count). The number of carboxylic acids is 1. The van der Waals surface area contributed by atoms with Crippen molar-refractivity contribution in [1.29, 1.82) is 0 Å². The summed E-state index contributed by atoms with van der Waals surface area (Å²) in [6.45, 7) is 6.54. The molecule has 0 heterocycles. The molecule has 0 bridgehead atoms. The van der Waals surface area contributed by atoms with E-state index >= 15 is 0 Å². The number of aliphatic carboxylic acids is 1. The zero-order valence-corrected chi connectivity index (χ0v) is 13.3. The van der Waals surface area contributed by atoms with E-state index in [0.29, 0.717) is 10.6 Å². The van der Waals surface area contributed by atoms with Gasteiger partial charge in [-0.15, -0.1) is 0 Å². The third-order valence-corrected chi connectivity index (χ3v) is 3.12. The fourth-order valence-electron chi connectivity index (χ4n) is 1.72. The number of halogens is 1. The van der Waals surface area contributed by atoms with E-state index in [0.717, 1.165) is 0 Å². The van der Waals surface area contributed by atoms with Gasteiger partial charge in [0.25, 0.3) is 0 Å². The Morgan fingerprint density at radius 1 is 1.24 bits per heavy atom. The normalized spacial score (nSPS) is 14.1. The van der Waals surface area contributed by atoms with Gasteiger partial charge in [0.05, 0.1) is 0 Å². The van der Waals surface area contributed by atoms with E-state index in [2.05, 4.69) is 5.32 Å². The van der Waals surface area contributed by atoms with Gasteiger partial charge in [-0.05, 0) is 39.3 Å². The summed E-state index contributed by atoms with van der Waals surface area (Å²) >= 11 is 6.04. The van der Waals surface area contributed by atoms with Crippen molar-refractivity contribution in [2.45, 2.75) is 45.3 Å². The summed E-state index contributed by atoms with van der Waals surface area (Å²) in [4.78, 5) is 23.3. The molecule has 0 aromatic heterocycles. The number of carbonyl (C=O) groups is 2. The number of ether oxygens (including phenoxy) is 1. The second kappa shape index (κ2) is 6.35. The third kappa shape index (κ3) is 5.27. The van der Waals surface area contributed by atoms with Crippen LogP contribution in [-0.4, -0.2) is 28.3 Å². The average Bonchev–Trinajstić information content (AvgIpc) is 2.29. The highest BCUT2D eigenvalue weighted by atomic mass is 35.5. The Kier molecular flexibility index (Phi) is 5.23. The standard InChI is InChI=1S/C15H20ClNO4/c1-14(2,3)21-13(20)17-15(4,12(18)19)9-10-7-5-6-8-11(10)16/h5-8H,9H2,1-4H3,(H,17,20)(H,18,19). The fourth-order valence-corrected chi connectivity index (χ4v) is 1.93. The molecule has 0 saturated carbocycles. The first-order chi connectivity index (χ1) is 9.53. The van der Waals surface area contributed by atoms with Crippen molar-refractivity contribution in [3.05, 3.63) is 34.9 Å². The number of amides is 1. The van der Waals surface area contributed by atoms with Gasteiger partial charge < -0.3 is 15.2 Å². The van der Waals surface area contributed by atoms with E-state index in [1.54, 1.807) is 45.0 Å². The monoisotopic (exact) mass is 313 g/mol. The van der Waals surface area contributed by atoms with Crippen molar-refractivity contribution in [3.63, 3.8) is 0 Å². The lowest BCUT2D eigenvalue weighted by molar-refractivity contribution is -0.144.